The van der Waals surface area contributed by atoms with Crippen LogP contribution in [0, 0.1) is 5.41 Å². The maximum absolute atomic E-state index is 7.44. The van der Waals surface area contributed by atoms with Crippen LogP contribution in [0.25, 0.3) is 0 Å². The van der Waals surface area contributed by atoms with Crippen LogP contribution in [0.4, 0.5) is 0 Å². The van der Waals surface area contributed by atoms with Gasteiger partial charge in [-0.3, -0.25) is 0 Å². The van der Waals surface area contributed by atoms with Crippen LogP contribution in [0.1, 0.15) is 259 Å². The van der Waals surface area contributed by atoms with Gasteiger partial charge in [-0.15, -0.1) is 11.6 Å². The second-order valence-electron chi connectivity index (χ2n) is 15.0. The summed E-state index contributed by atoms with van der Waals surface area (Å²) in [5.41, 5.74) is 0.658. The molecule has 1 heteroatoms. The van der Waals surface area contributed by atoms with Gasteiger partial charge in [-0.1, -0.05) is 214 Å². The molecular weight excluding hydrogens is 540 g/mol. The van der Waals surface area contributed by atoms with Crippen molar-refractivity contribution in [3.05, 3.63) is 0 Å². The molecule has 260 valence electrons. The van der Waals surface area contributed by atoms with Crippen molar-refractivity contribution in [3.63, 3.8) is 0 Å². The van der Waals surface area contributed by atoms with Crippen molar-refractivity contribution in [1.29, 1.82) is 0 Å². The van der Waals surface area contributed by atoms with Crippen LogP contribution in [0.15, 0.2) is 0 Å². The lowest BCUT2D eigenvalue weighted by molar-refractivity contribution is 0.175. The Morgan fingerprint density at radius 1 is 0.256 bits per heavy atom. The Morgan fingerprint density at radius 2 is 0.465 bits per heavy atom. The first-order valence-electron chi connectivity index (χ1n) is 20.7. The first-order chi connectivity index (χ1) is 21.0. The highest BCUT2D eigenvalue weighted by Crippen LogP contribution is 2.41. The fraction of sp³-hybridized carbons (Fsp3) is 1.00. The predicted molar refractivity (Wildman–Crippen MR) is 201 cm³/mol. The first-order valence-corrected chi connectivity index (χ1v) is 21.1. The number of unbranched alkanes of at least 4 members (excludes halogenated alkanes) is 22. The molecule has 0 nitrogen and oxygen atoms in total. The van der Waals surface area contributed by atoms with E-state index in [0.717, 1.165) is 0 Å². The highest BCUT2D eigenvalue weighted by Gasteiger charge is 2.28. The summed E-state index contributed by atoms with van der Waals surface area (Å²) in [6.45, 7) is 11.8. The fourth-order valence-electron chi connectivity index (χ4n) is 7.58. The van der Waals surface area contributed by atoms with E-state index in [2.05, 4.69) is 34.6 Å². The van der Waals surface area contributed by atoms with Crippen molar-refractivity contribution in [1.82, 2.24) is 0 Å². The number of halogens is 1. The van der Waals surface area contributed by atoms with Crippen LogP contribution in [0.3, 0.4) is 0 Å². The molecule has 0 unspecified atom stereocenters. The van der Waals surface area contributed by atoms with E-state index < -0.39 is 0 Å². The molecule has 0 atom stereocenters. The molecule has 0 radical (unpaired) electrons. The van der Waals surface area contributed by atoms with E-state index in [1.807, 2.05) is 0 Å². The molecule has 0 aromatic carbocycles. The minimum Gasteiger partial charge on any atom is -0.119 e. The van der Waals surface area contributed by atoms with Crippen LogP contribution in [-0.4, -0.2) is 4.87 Å². The van der Waals surface area contributed by atoms with Gasteiger partial charge >= 0.3 is 0 Å². The van der Waals surface area contributed by atoms with E-state index in [1.54, 1.807) is 0 Å². The molecule has 0 saturated carbocycles. The van der Waals surface area contributed by atoms with Gasteiger partial charge in [0.25, 0.3) is 0 Å². The van der Waals surface area contributed by atoms with Gasteiger partial charge in [0, 0.05) is 4.87 Å². The fourth-order valence-corrected chi connectivity index (χ4v) is 7.98. The van der Waals surface area contributed by atoms with Crippen LogP contribution < -0.4 is 0 Å². The minimum absolute atomic E-state index is 0.0852. The van der Waals surface area contributed by atoms with E-state index in [9.17, 15) is 0 Å². The summed E-state index contributed by atoms with van der Waals surface area (Å²) in [6.07, 6.45) is 49.2. The molecule has 0 rings (SSSR count). The Labute approximate surface area is 280 Å². The molecule has 0 aliphatic carbocycles. The summed E-state index contributed by atoms with van der Waals surface area (Å²) in [6, 6.07) is 0. The summed E-state index contributed by atoms with van der Waals surface area (Å²) in [7, 11) is 0. The summed E-state index contributed by atoms with van der Waals surface area (Å²) in [5.74, 6) is 0. The summed E-state index contributed by atoms with van der Waals surface area (Å²) in [5, 5.41) is 0. The third-order valence-electron chi connectivity index (χ3n) is 10.7. The number of alkyl halides is 1. The topological polar surface area (TPSA) is 0 Å². The second kappa shape index (κ2) is 32.2. The number of hydrogen-bond acceptors (Lipinski definition) is 0. The SMILES string of the molecule is CCCCCCCCCCC(Cl)(CCCCCCCCCC)CCCCCCCCC(CCCC)(CCCC)CCCC. The van der Waals surface area contributed by atoms with Crippen molar-refractivity contribution < 1.29 is 0 Å². The lowest BCUT2D eigenvalue weighted by Crippen LogP contribution is -2.21. The average molecular weight is 626 g/mol. The van der Waals surface area contributed by atoms with E-state index in [4.69, 9.17) is 11.6 Å². The molecule has 0 fully saturated rings. The van der Waals surface area contributed by atoms with E-state index >= 15 is 0 Å². The maximum Gasteiger partial charge on any atom is 0.0446 e. The molecule has 0 aliphatic rings. The molecular formula is C42H85Cl. The molecule has 0 N–H and O–H groups in total. The van der Waals surface area contributed by atoms with E-state index in [1.165, 1.54) is 225 Å². The largest absolute Gasteiger partial charge is 0.119 e. The monoisotopic (exact) mass is 625 g/mol. The average Bonchev–Trinajstić information content (AvgIpc) is 3.01. The van der Waals surface area contributed by atoms with Gasteiger partial charge < -0.3 is 0 Å². The summed E-state index contributed by atoms with van der Waals surface area (Å²) >= 11 is 7.44. The first kappa shape index (κ1) is 43.3. The Bertz CT molecular complexity index is 483. The molecule has 0 saturated heterocycles. The number of hydrogen-bond donors (Lipinski definition) is 0. The van der Waals surface area contributed by atoms with Crippen LogP contribution in [0.2, 0.25) is 0 Å². The van der Waals surface area contributed by atoms with Gasteiger partial charge in [-0.2, -0.15) is 0 Å². The maximum atomic E-state index is 7.44. The Balaban J connectivity index is 4.46. The lowest BCUT2D eigenvalue weighted by atomic mass is 9.71. The zero-order chi connectivity index (χ0) is 31.7. The van der Waals surface area contributed by atoms with Crippen LogP contribution in [-0.2, 0) is 0 Å². The van der Waals surface area contributed by atoms with Crippen LogP contribution in [0.5, 0.6) is 0 Å². The summed E-state index contributed by atoms with van der Waals surface area (Å²) < 4.78 is 0. The molecule has 0 bridgehead atoms. The standard InChI is InChI=1S/C42H85Cl/c1-6-11-16-18-20-22-27-31-38-42(43,39-32-28-23-21-19-17-12-7-2)40-33-29-25-24-26-30-37-41(34-13-8-3,35-14-9-4)36-15-10-5/h6-40H2,1-5H3. The van der Waals surface area contributed by atoms with Crippen LogP contribution >= 0.6 is 11.6 Å². The minimum atomic E-state index is 0.0852. The number of rotatable bonds is 36. The van der Waals surface area contributed by atoms with Gasteiger partial charge in [0.1, 0.15) is 0 Å². The van der Waals surface area contributed by atoms with E-state index in [-0.39, 0.29) is 4.87 Å². The van der Waals surface area contributed by atoms with Crippen molar-refractivity contribution in [2.75, 3.05) is 0 Å². The second-order valence-corrected chi connectivity index (χ2v) is 15.8. The quantitative estimate of drug-likeness (QED) is 0.0480. The molecule has 0 aromatic rings. The highest BCUT2D eigenvalue weighted by molar-refractivity contribution is 6.23. The van der Waals surface area contributed by atoms with Gasteiger partial charge in [0.15, 0.2) is 0 Å². The zero-order valence-corrected chi connectivity index (χ0v) is 31.9. The van der Waals surface area contributed by atoms with Crippen molar-refractivity contribution in [2.45, 2.75) is 264 Å². The molecule has 0 aliphatic heterocycles. The van der Waals surface area contributed by atoms with Gasteiger partial charge in [-0.25, -0.2) is 0 Å². The van der Waals surface area contributed by atoms with Gasteiger partial charge in [0.05, 0.1) is 0 Å². The zero-order valence-electron chi connectivity index (χ0n) is 31.1. The lowest BCUT2D eigenvalue weighted by Gasteiger charge is -2.35. The third-order valence-corrected chi connectivity index (χ3v) is 11.3. The Morgan fingerprint density at radius 3 is 0.744 bits per heavy atom. The van der Waals surface area contributed by atoms with Gasteiger partial charge in [-0.05, 0) is 50.4 Å². The highest BCUT2D eigenvalue weighted by atomic mass is 35.5. The van der Waals surface area contributed by atoms with Crippen molar-refractivity contribution in [2.24, 2.45) is 5.41 Å². The molecule has 0 aromatic heterocycles. The molecule has 0 amide bonds. The Kier molecular flexibility index (Phi) is 32.5. The molecule has 0 spiro atoms. The smallest absolute Gasteiger partial charge is 0.0446 e. The van der Waals surface area contributed by atoms with E-state index in [0.29, 0.717) is 5.41 Å². The van der Waals surface area contributed by atoms with Gasteiger partial charge in [0.2, 0.25) is 0 Å². The molecule has 43 heavy (non-hydrogen) atoms. The Hall–Kier alpha value is 0.290. The predicted octanol–water partition coefficient (Wildman–Crippen LogP) is 16.7. The van der Waals surface area contributed by atoms with Crippen molar-refractivity contribution >= 4 is 11.6 Å². The third kappa shape index (κ3) is 27.1. The normalized spacial score (nSPS) is 12.4. The van der Waals surface area contributed by atoms with Crippen molar-refractivity contribution in [3.8, 4) is 0 Å². The summed E-state index contributed by atoms with van der Waals surface area (Å²) in [4.78, 5) is 0.0852. The molecule has 0 heterocycles.